The fraction of sp³-hybridized carbons (Fsp3) is 0.280. The number of hydrogen-bond acceptors (Lipinski definition) is 4. The molecule has 1 aliphatic heterocycles. The van der Waals surface area contributed by atoms with E-state index in [0.717, 1.165) is 45.2 Å². The molecule has 2 aromatic carbocycles. The van der Waals surface area contributed by atoms with Crippen LogP contribution in [0.1, 0.15) is 29.0 Å². The Morgan fingerprint density at radius 2 is 2.07 bits per heavy atom. The highest BCUT2D eigenvalue weighted by atomic mass is 32.1. The Labute approximate surface area is 181 Å². The molecule has 3 aromatic rings. The first-order valence-electron chi connectivity index (χ1n) is 10.3. The molecular formula is C25H27FN2OS. The van der Waals surface area contributed by atoms with Crippen molar-refractivity contribution in [2.75, 3.05) is 23.3 Å². The maximum absolute atomic E-state index is 14.0. The molecule has 0 aliphatic carbocycles. The first kappa shape index (κ1) is 20.6. The van der Waals surface area contributed by atoms with Gasteiger partial charge in [-0.1, -0.05) is 24.3 Å². The first-order valence-corrected chi connectivity index (χ1v) is 11.1. The topological polar surface area (TPSA) is 35.5 Å². The van der Waals surface area contributed by atoms with Crippen LogP contribution in [0.15, 0.2) is 61.2 Å². The van der Waals surface area contributed by atoms with Gasteiger partial charge in [0.2, 0.25) is 0 Å². The summed E-state index contributed by atoms with van der Waals surface area (Å²) in [6, 6.07) is 15.0. The molecule has 0 amide bonds. The normalized spacial score (nSPS) is 15.0. The zero-order valence-corrected chi connectivity index (χ0v) is 18.2. The molecule has 0 fully saturated rings. The van der Waals surface area contributed by atoms with Gasteiger partial charge in [-0.15, -0.1) is 17.9 Å². The van der Waals surface area contributed by atoms with Crippen LogP contribution < -0.4 is 10.2 Å². The molecule has 1 aromatic heterocycles. The van der Waals surface area contributed by atoms with E-state index < -0.39 is 6.10 Å². The van der Waals surface area contributed by atoms with Crippen molar-refractivity contribution in [3.8, 4) is 10.4 Å². The molecule has 156 valence electrons. The summed E-state index contributed by atoms with van der Waals surface area (Å²) in [6.07, 6.45) is 2.07. The monoisotopic (exact) mass is 422 g/mol. The minimum atomic E-state index is -0.630. The van der Waals surface area contributed by atoms with Gasteiger partial charge in [0, 0.05) is 39.8 Å². The Balaban J connectivity index is 1.65. The predicted octanol–water partition coefficient (Wildman–Crippen LogP) is 5.95. The summed E-state index contributed by atoms with van der Waals surface area (Å²) in [5.41, 5.74) is 5.30. The van der Waals surface area contributed by atoms with Crippen molar-refractivity contribution in [1.29, 1.82) is 0 Å². The standard InChI is InChI=1S/C25H27FN2OS/c1-4-12-28-13-11-18-14-23(30-25(18)20-10-9-19(26)15-22(20)28)24(29)17(3)27-21-8-6-5-7-16(21)2/h4-10,14-15,17,24,27,29H,1,11-13H2,2-3H3. The van der Waals surface area contributed by atoms with Gasteiger partial charge in [-0.2, -0.15) is 0 Å². The smallest absolute Gasteiger partial charge is 0.125 e. The molecular weight excluding hydrogens is 395 g/mol. The second-order valence-electron chi connectivity index (χ2n) is 7.84. The van der Waals surface area contributed by atoms with E-state index in [1.54, 1.807) is 17.4 Å². The highest BCUT2D eigenvalue weighted by molar-refractivity contribution is 7.15. The molecule has 4 rings (SSSR count). The van der Waals surface area contributed by atoms with E-state index in [1.807, 2.05) is 37.3 Å². The molecule has 30 heavy (non-hydrogen) atoms. The number of aryl methyl sites for hydroxylation is 1. The number of rotatable bonds is 6. The molecule has 0 saturated carbocycles. The quantitative estimate of drug-likeness (QED) is 0.482. The minimum absolute atomic E-state index is 0.140. The van der Waals surface area contributed by atoms with Gasteiger partial charge in [0.25, 0.3) is 0 Å². The maximum Gasteiger partial charge on any atom is 0.125 e. The first-order chi connectivity index (χ1) is 14.5. The number of aliphatic hydroxyl groups excluding tert-OH is 1. The lowest BCUT2D eigenvalue weighted by atomic mass is 10.1. The van der Waals surface area contributed by atoms with Crippen LogP contribution in [0.3, 0.4) is 0 Å². The van der Waals surface area contributed by atoms with Crippen LogP contribution in [0.2, 0.25) is 0 Å². The Hall–Kier alpha value is -2.63. The van der Waals surface area contributed by atoms with Crippen LogP contribution in [0.25, 0.3) is 10.4 Å². The van der Waals surface area contributed by atoms with Gasteiger partial charge in [0.1, 0.15) is 11.9 Å². The molecule has 0 spiro atoms. The van der Waals surface area contributed by atoms with Gasteiger partial charge < -0.3 is 15.3 Å². The average molecular weight is 423 g/mol. The van der Waals surface area contributed by atoms with E-state index >= 15 is 0 Å². The van der Waals surface area contributed by atoms with E-state index in [9.17, 15) is 9.50 Å². The van der Waals surface area contributed by atoms with Crippen molar-refractivity contribution >= 4 is 22.7 Å². The number of thiophene rings is 1. The third-order valence-corrected chi connectivity index (χ3v) is 6.95. The van der Waals surface area contributed by atoms with Gasteiger partial charge in [-0.3, -0.25) is 0 Å². The largest absolute Gasteiger partial charge is 0.385 e. The number of para-hydroxylation sites is 1. The van der Waals surface area contributed by atoms with Crippen LogP contribution >= 0.6 is 11.3 Å². The molecule has 3 nitrogen and oxygen atoms in total. The van der Waals surface area contributed by atoms with Crippen molar-refractivity contribution in [2.24, 2.45) is 0 Å². The van der Waals surface area contributed by atoms with Crippen molar-refractivity contribution in [2.45, 2.75) is 32.4 Å². The van der Waals surface area contributed by atoms with Crippen LogP contribution in [-0.4, -0.2) is 24.2 Å². The maximum atomic E-state index is 14.0. The Morgan fingerprint density at radius 1 is 1.27 bits per heavy atom. The van der Waals surface area contributed by atoms with E-state index in [-0.39, 0.29) is 11.9 Å². The lowest BCUT2D eigenvalue weighted by molar-refractivity contribution is 0.164. The van der Waals surface area contributed by atoms with Gasteiger partial charge in [-0.05, 0) is 61.7 Å². The molecule has 1 aliphatic rings. The number of nitrogens with zero attached hydrogens (tertiary/aromatic N) is 1. The number of aliphatic hydroxyl groups is 1. The zero-order chi connectivity index (χ0) is 21.3. The molecule has 2 unspecified atom stereocenters. The third kappa shape index (κ3) is 4.00. The number of benzene rings is 2. The van der Waals surface area contributed by atoms with Crippen LogP contribution in [-0.2, 0) is 6.42 Å². The molecule has 2 N–H and O–H groups in total. The molecule has 0 saturated heterocycles. The van der Waals surface area contributed by atoms with Gasteiger partial charge in [0.15, 0.2) is 0 Å². The molecule has 2 atom stereocenters. The Bertz CT molecular complexity index is 1060. The Kier molecular flexibility index (Phi) is 5.93. The second-order valence-corrected chi connectivity index (χ2v) is 8.93. The average Bonchev–Trinajstić information content (AvgIpc) is 3.10. The number of halogens is 1. The van der Waals surface area contributed by atoms with Crippen molar-refractivity contribution < 1.29 is 9.50 Å². The fourth-order valence-corrected chi connectivity index (χ4v) is 5.33. The molecule has 5 heteroatoms. The highest BCUT2D eigenvalue weighted by Crippen LogP contribution is 2.43. The summed E-state index contributed by atoms with van der Waals surface area (Å²) in [6.45, 7) is 9.36. The van der Waals surface area contributed by atoms with E-state index in [1.165, 1.54) is 11.6 Å². The third-order valence-electron chi connectivity index (χ3n) is 5.67. The fourth-order valence-electron chi connectivity index (χ4n) is 3.99. The van der Waals surface area contributed by atoms with Gasteiger partial charge in [-0.25, -0.2) is 4.39 Å². The number of fused-ring (bicyclic) bond motifs is 3. The number of nitrogens with one attached hydrogen (secondary N) is 1. The lowest BCUT2D eigenvalue weighted by Crippen LogP contribution is -2.25. The van der Waals surface area contributed by atoms with Crippen LogP contribution in [0, 0.1) is 12.7 Å². The van der Waals surface area contributed by atoms with Gasteiger partial charge in [0.05, 0.1) is 6.04 Å². The van der Waals surface area contributed by atoms with Crippen LogP contribution in [0.5, 0.6) is 0 Å². The number of hydrogen-bond donors (Lipinski definition) is 2. The van der Waals surface area contributed by atoms with Crippen molar-refractivity contribution in [3.63, 3.8) is 0 Å². The molecule has 0 radical (unpaired) electrons. The predicted molar refractivity (Wildman–Crippen MR) is 125 cm³/mol. The van der Waals surface area contributed by atoms with E-state index in [4.69, 9.17) is 0 Å². The van der Waals surface area contributed by atoms with Gasteiger partial charge >= 0.3 is 0 Å². The summed E-state index contributed by atoms with van der Waals surface area (Å²) in [7, 11) is 0. The summed E-state index contributed by atoms with van der Waals surface area (Å²) in [4.78, 5) is 4.21. The summed E-state index contributed by atoms with van der Waals surface area (Å²) < 4.78 is 14.0. The van der Waals surface area contributed by atoms with Crippen molar-refractivity contribution in [3.05, 3.63) is 83.0 Å². The molecule has 0 bridgehead atoms. The Morgan fingerprint density at radius 3 is 2.83 bits per heavy atom. The van der Waals surface area contributed by atoms with Crippen molar-refractivity contribution in [1.82, 2.24) is 0 Å². The van der Waals surface area contributed by atoms with Crippen LogP contribution in [0.4, 0.5) is 15.8 Å². The zero-order valence-electron chi connectivity index (χ0n) is 17.4. The van der Waals surface area contributed by atoms with E-state index in [2.05, 4.69) is 35.9 Å². The lowest BCUT2D eigenvalue weighted by Gasteiger charge is -2.24. The van der Waals surface area contributed by atoms with E-state index in [0.29, 0.717) is 6.54 Å². The minimum Gasteiger partial charge on any atom is -0.385 e. The number of anilines is 2. The summed E-state index contributed by atoms with van der Waals surface area (Å²) in [5.74, 6) is -0.237. The summed E-state index contributed by atoms with van der Waals surface area (Å²) >= 11 is 1.60. The SMILES string of the molecule is C=CCN1CCc2cc(C(O)C(C)Nc3ccccc3C)sc2-c2ccc(F)cc21. The second kappa shape index (κ2) is 8.62. The summed E-state index contributed by atoms with van der Waals surface area (Å²) in [5, 5.41) is 14.5. The highest BCUT2D eigenvalue weighted by Gasteiger charge is 2.26. The molecule has 2 heterocycles.